The van der Waals surface area contributed by atoms with Gasteiger partial charge in [0, 0.05) is 17.4 Å². The molecule has 9 heteroatoms. The third kappa shape index (κ3) is 3.35. The molecule has 0 atom stereocenters. The Kier molecular flexibility index (Phi) is 5.33. The minimum absolute atomic E-state index is 0.152. The first kappa shape index (κ1) is 17.4. The highest BCUT2D eigenvalue weighted by atomic mass is 35.5. The number of alkyl halides is 2. The molecule has 0 spiro atoms. The Balaban J connectivity index is 0.000000595. The lowest BCUT2D eigenvalue weighted by molar-refractivity contribution is 0.295. The molecule has 0 aliphatic heterocycles. The van der Waals surface area contributed by atoms with E-state index >= 15 is 0 Å². The van der Waals surface area contributed by atoms with Crippen LogP contribution in [-0.4, -0.2) is 20.9 Å². The Bertz CT molecular complexity index is 908. The minimum atomic E-state index is -1.75. The van der Waals surface area contributed by atoms with Crippen LogP contribution in [0.1, 0.15) is 5.56 Å². The van der Waals surface area contributed by atoms with Gasteiger partial charge in [-0.25, -0.2) is 18.3 Å². The van der Waals surface area contributed by atoms with E-state index in [1.54, 1.807) is 19.1 Å². The summed E-state index contributed by atoms with van der Waals surface area (Å²) < 4.78 is 35.3. The van der Waals surface area contributed by atoms with E-state index in [0.29, 0.717) is 15.7 Å². The van der Waals surface area contributed by atoms with Gasteiger partial charge in [0.25, 0.3) is 5.56 Å². The molecule has 3 aromatic rings. The largest absolute Gasteiger partial charge is 0.269 e. The fourth-order valence-corrected chi connectivity index (χ4v) is 2.47. The van der Waals surface area contributed by atoms with E-state index in [1.165, 1.54) is 21.4 Å². The van der Waals surface area contributed by atoms with Crippen LogP contribution in [0.2, 0.25) is 10.0 Å². The summed E-state index contributed by atoms with van der Waals surface area (Å²) in [5.74, 6) is -0.529. The average Bonchev–Trinajstić information content (AvgIpc) is 2.95. The van der Waals surface area contributed by atoms with Crippen LogP contribution in [0, 0.1) is 12.9 Å². The van der Waals surface area contributed by atoms with Gasteiger partial charge in [-0.1, -0.05) is 23.2 Å². The molecule has 3 rings (SSSR count). The number of hydrogen-bond donors (Lipinski definition) is 0. The van der Waals surface area contributed by atoms with Crippen molar-refractivity contribution in [3.05, 3.63) is 62.5 Å². The van der Waals surface area contributed by atoms with Crippen LogP contribution >= 0.6 is 23.2 Å². The van der Waals surface area contributed by atoms with E-state index in [9.17, 15) is 18.0 Å². The maximum Gasteiger partial charge on any atom is 0.262 e. The number of nitrogens with zero attached hydrogens (tertiary/aromatic N) is 3. The van der Waals surface area contributed by atoms with E-state index in [4.69, 9.17) is 23.2 Å². The quantitative estimate of drug-likeness (QED) is 0.610. The summed E-state index contributed by atoms with van der Waals surface area (Å²) in [6, 6.07) is 4.09. The Morgan fingerprint density at radius 2 is 1.83 bits per heavy atom. The third-order valence-electron chi connectivity index (χ3n) is 2.98. The van der Waals surface area contributed by atoms with Crippen molar-refractivity contribution in [2.24, 2.45) is 0 Å². The van der Waals surface area contributed by atoms with Gasteiger partial charge in [-0.15, -0.1) is 0 Å². The maximum absolute atomic E-state index is 13.7. The lowest BCUT2D eigenvalue weighted by Crippen LogP contribution is -2.22. The second kappa shape index (κ2) is 7.06. The zero-order chi connectivity index (χ0) is 17.1. The molecule has 0 bridgehead atoms. The summed E-state index contributed by atoms with van der Waals surface area (Å²) in [5.41, 5.74) is 0.617. The van der Waals surface area contributed by atoms with Crippen LogP contribution in [0.4, 0.5) is 13.2 Å². The van der Waals surface area contributed by atoms with E-state index in [2.05, 4.69) is 4.98 Å². The molecule has 0 fully saturated rings. The van der Waals surface area contributed by atoms with Crippen molar-refractivity contribution < 1.29 is 13.2 Å². The molecule has 0 unspecified atom stereocenters. The van der Waals surface area contributed by atoms with Crippen LogP contribution in [0.3, 0.4) is 0 Å². The first-order chi connectivity index (χ1) is 10.9. The standard InChI is InChI=1S/C13H8Cl2FN3O.CH2F2/c1-7-4-10(9(15)5-8(7)14)19-12(20)6-11(16)18-3-2-17-13(18)19;2-1-3/h2-6H,1H3;1H2. The highest BCUT2D eigenvalue weighted by Crippen LogP contribution is 2.27. The Morgan fingerprint density at radius 3 is 2.48 bits per heavy atom. The second-order valence-electron chi connectivity index (χ2n) is 4.39. The minimum Gasteiger partial charge on any atom is -0.269 e. The van der Waals surface area contributed by atoms with Crippen molar-refractivity contribution in [1.29, 1.82) is 0 Å². The van der Waals surface area contributed by atoms with Gasteiger partial charge in [0.15, 0.2) is 0 Å². The number of rotatable bonds is 1. The predicted molar refractivity (Wildman–Crippen MR) is 82.6 cm³/mol. The van der Waals surface area contributed by atoms with Gasteiger partial charge in [0.05, 0.1) is 16.8 Å². The van der Waals surface area contributed by atoms with Crippen LogP contribution in [0.15, 0.2) is 35.4 Å². The molecule has 23 heavy (non-hydrogen) atoms. The summed E-state index contributed by atoms with van der Waals surface area (Å²) in [6.45, 7) is 0.0412. The van der Waals surface area contributed by atoms with E-state index in [-0.39, 0.29) is 5.78 Å². The van der Waals surface area contributed by atoms with Crippen molar-refractivity contribution in [1.82, 2.24) is 14.0 Å². The smallest absolute Gasteiger partial charge is 0.262 e. The van der Waals surface area contributed by atoms with Gasteiger partial charge >= 0.3 is 0 Å². The molecule has 2 aromatic heterocycles. The molecule has 0 amide bonds. The number of imidazole rings is 1. The molecule has 4 nitrogen and oxygen atoms in total. The zero-order valence-corrected chi connectivity index (χ0v) is 13.2. The van der Waals surface area contributed by atoms with Gasteiger partial charge in [-0.3, -0.25) is 9.20 Å². The summed E-state index contributed by atoms with van der Waals surface area (Å²) >= 11 is 12.1. The van der Waals surface area contributed by atoms with Gasteiger partial charge in [0.1, 0.15) is 0 Å². The molecule has 2 heterocycles. The zero-order valence-electron chi connectivity index (χ0n) is 11.7. The topological polar surface area (TPSA) is 39.3 Å². The monoisotopic (exact) mass is 363 g/mol. The molecule has 0 saturated heterocycles. The lowest BCUT2D eigenvalue weighted by atomic mass is 10.2. The van der Waals surface area contributed by atoms with Crippen molar-refractivity contribution in [2.75, 3.05) is 6.93 Å². The molecular weight excluding hydrogens is 354 g/mol. The van der Waals surface area contributed by atoms with E-state index in [0.717, 1.165) is 11.6 Å². The Morgan fingerprint density at radius 1 is 1.17 bits per heavy atom. The first-order valence-electron chi connectivity index (χ1n) is 6.23. The number of fused-ring (bicyclic) bond motifs is 1. The highest BCUT2D eigenvalue weighted by molar-refractivity contribution is 6.36. The second-order valence-corrected chi connectivity index (χ2v) is 5.21. The molecule has 1 aromatic carbocycles. The molecule has 0 radical (unpaired) electrons. The first-order valence-corrected chi connectivity index (χ1v) is 6.98. The van der Waals surface area contributed by atoms with Crippen LogP contribution in [0.25, 0.3) is 11.5 Å². The van der Waals surface area contributed by atoms with Gasteiger partial charge in [0.2, 0.25) is 18.7 Å². The maximum atomic E-state index is 13.7. The number of hydrogen-bond acceptors (Lipinski definition) is 2. The van der Waals surface area contributed by atoms with Gasteiger partial charge in [-0.2, -0.15) is 4.39 Å². The molecule has 0 saturated carbocycles. The van der Waals surface area contributed by atoms with E-state index < -0.39 is 18.4 Å². The lowest BCUT2D eigenvalue weighted by Gasteiger charge is -2.11. The van der Waals surface area contributed by atoms with Crippen molar-refractivity contribution in [3.8, 4) is 5.69 Å². The molecule has 122 valence electrons. The van der Waals surface area contributed by atoms with Crippen LogP contribution in [0.5, 0.6) is 0 Å². The molecule has 0 N–H and O–H groups in total. The highest BCUT2D eigenvalue weighted by Gasteiger charge is 2.14. The molecule has 0 aliphatic carbocycles. The van der Waals surface area contributed by atoms with Crippen molar-refractivity contribution in [2.45, 2.75) is 6.92 Å². The Hall–Kier alpha value is -1.99. The number of halogens is 5. The summed E-state index contributed by atoms with van der Waals surface area (Å²) in [6.07, 6.45) is 2.84. The normalized spacial score (nSPS) is 10.5. The van der Waals surface area contributed by atoms with Crippen LogP contribution < -0.4 is 5.56 Å². The summed E-state index contributed by atoms with van der Waals surface area (Å²) in [4.78, 5) is 16.1. The summed E-state index contributed by atoms with van der Waals surface area (Å²) in [7, 11) is 0. The fraction of sp³-hybridized carbons (Fsp3) is 0.143. The van der Waals surface area contributed by atoms with Crippen molar-refractivity contribution in [3.63, 3.8) is 0 Å². The molecule has 0 aliphatic rings. The number of aromatic nitrogens is 3. The van der Waals surface area contributed by atoms with Crippen molar-refractivity contribution >= 4 is 29.0 Å². The average molecular weight is 364 g/mol. The van der Waals surface area contributed by atoms with Crippen LogP contribution in [-0.2, 0) is 0 Å². The predicted octanol–water partition coefficient (Wildman–Crippen LogP) is 4.12. The third-order valence-corrected chi connectivity index (χ3v) is 3.69. The number of benzene rings is 1. The van der Waals surface area contributed by atoms with Gasteiger partial charge in [-0.05, 0) is 24.6 Å². The van der Waals surface area contributed by atoms with E-state index in [1.807, 2.05) is 0 Å². The number of aryl methyl sites for hydroxylation is 1. The molecular formula is C14H10Cl2F3N3O. The SMILES string of the molecule is Cc1cc(-n2c(=O)cc(F)n3ccnc23)c(Cl)cc1Cl.FCF. The fourth-order valence-electron chi connectivity index (χ4n) is 2.00. The Labute approximate surface area is 138 Å². The summed E-state index contributed by atoms with van der Waals surface area (Å²) in [5, 5.41) is 0.785. The van der Waals surface area contributed by atoms with Gasteiger partial charge < -0.3 is 0 Å².